The zero-order chi connectivity index (χ0) is 16.8. The van der Waals surface area contributed by atoms with E-state index in [1.165, 1.54) is 0 Å². The molecule has 23 heavy (non-hydrogen) atoms. The van der Waals surface area contributed by atoms with Gasteiger partial charge in [-0.05, 0) is 11.1 Å². The zero-order valence-corrected chi connectivity index (χ0v) is 14.1. The summed E-state index contributed by atoms with van der Waals surface area (Å²) in [6.45, 7) is -0.236. The SMILES string of the molecule is O=P(O)(CP(=O)(O)OCc1ccccc1)OCc1ccccc1. The van der Waals surface area contributed by atoms with Gasteiger partial charge in [0.15, 0.2) is 5.90 Å². The lowest BCUT2D eigenvalue weighted by molar-refractivity contribution is 0.237. The summed E-state index contributed by atoms with van der Waals surface area (Å²) in [5.74, 6) is -0.945. The Kier molecular flexibility index (Phi) is 6.31. The van der Waals surface area contributed by atoms with Crippen LogP contribution in [0.3, 0.4) is 0 Å². The van der Waals surface area contributed by atoms with E-state index in [4.69, 9.17) is 9.05 Å². The van der Waals surface area contributed by atoms with E-state index in [1.807, 2.05) is 0 Å². The summed E-state index contributed by atoms with van der Waals surface area (Å²) in [6, 6.07) is 17.6. The van der Waals surface area contributed by atoms with Gasteiger partial charge in [0, 0.05) is 0 Å². The topological polar surface area (TPSA) is 93.1 Å². The fourth-order valence-electron chi connectivity index (χ4n) is 1.81. The van der Waals surface area contributed by atoms with E-state index < -0.39 is 21.1 Å². The number of hydrogen-bond acceptors (Lipinski definition) is 4. The Hall–Kier alpha value is -1.26. The summed E-state index contributed by atoms with van der Waals surface area (Å²) in [4.78, 5) is 19.5. The molecule has 2 atom stereocenters. The van der Waals surface area contributed by atoms with Crippen molar-refractivity contribution in [3.8, 4) is 0 Å². The largest absolute Gasteiger partial charge is 0.340 e. The number of hydrogen-bond donors (Lipinski definition) is 2. The molecule has 0 saturated carbocycles. The Labute approximate surface area is 134 Å². The second-order valence-corrected chi connectivity index (χ2v) is 9.13. The van der Waals surface area contributed by atoms with Crippen molar-refractivity contribution in [2.45, 2.75) is 13.2 Å². The standard InChI is InChI=1S/C15H18O6P2/c16-22(17,20-11-14-7-3-1-4-8-14)13-23(18,19)21-12-15-9-5-2-6-10-15/h1-10H,11-13H2,(H,16,17)(H,18,19). The lowest BCUT2D eigenvalue weighted by Crippen LogP contribution is -2.00. The summed E-state index contributed by atoms with van der Waals surface area (Å²) < 4.78 is 33.7. The van der Waals surface area contributed by atoms with E-state index in [2.05, 4.69) is 0 Å². The van der Waals surface area contributed by atoms with Crippen LogP contribution in [0.25, 0.3) is 0 Å². The Bertz CT molecular complexity index is 643. The van der Waals surface area contributed by atoms with E-state index in [0.29, 0.717) is 11.1 Å². The van der Waals surface area contributed by atoms with Gasteiger partial charge in [0.1, 0.15) is 0 Å². The van der Waals surface area contributed by atoms with Crippen LogP contribution >= 0.6 is 15.2 Å². The number of benzene rings is 2. The van der Waals surface area contributed by atoms with Crippen LogP contribution < -0.4 is 0 Å². The minimum Gasteiger partial charge on any atom is -0.324 e. The van der Waals surface area contributed by atoms with Crippen LogP contribution in [-0.4, -0.2) is 15.7 Å². The molecular weight excluding hydrogens is 338 g/mol. The third-order valence-electron chi connectivity index (χ3n) is 2.91. The highest BCUT2D eigenvalue weighted by molar-refractivity contribution is 7.70. The van der Waals surface area contributed by atoms with Crippen molar-refractivity contribution < 1.29 is 28.0 Å². The van der Waals surface area contributed by atoms with Crippen molar-refractivity contribution in [2.24, 2.45) is 0 Å². The molecule has 0 saturated heterocycles. The van der Waals surface area contributed by atoms with Crippen LogP contribution in [0.4, 0.5) is 0 Å². The van der Waals surface area contributed by atoms with Gasteiger partial charge in [0.25, 0.3) is 0 Å². The fourth-order valence-corrected chi connectivity index (χ4v) is 4.97. The van der Waals surface area contributed by atoms with Gasteiger partial charge >= 0.3 is 15.2 Å². The van der Waals surface area contributed by atoms with E-state index in [1.54, 1.807) is 60.7 Å². The molecule has 2 unspecified atom stereocenters. The second-order valence-electron chi connectivity index (χ2n) is 4.93. The lowest BCUT2D eigenvalue weighted by atomic mass is 10.2. The normalized spacial score (nSPS) is 16.4. The quantitative estimate of drug-likeness (QED) is 0.700. The molecule has 0 aliphatic heterocycles. The van der Waals surface area contributed by atoms with Gasteiger partial charge in [-0.2, -0.15) is 0 Å². The third kappa shape index (κ3) is 6.80. The highest BCUT2D eigenvalue weighted by Gasteiger charge is 2.33. The van der Waals surface area contributed by atoms with Crippen molar-refractivity contribution in [1.29, 1.82) is 0 Å². The van der Waals surface area contributed by atoms with Crippen LogP contribution in [0.5, 0.6) is 0 Å². The third-order valence-corrected chi connectivity index (χ3v) is 6.83. The maximum atomic E-state index is 11.9. The van der Waals surface area contributed by atoms with Gasteiger partial charge in [-0.15, -0.1) is 0 Å². The predicted molar refractivity (Wildman–Crippen MR) is 87.0 cm³/mol. The molecule has 0 aliphatic rings. The van der Waals surface area contributed by atoms with Crippen molar-refractivity contribution in [2.75, 3.05) is 5.90 Å². The first kappa shape index (κ1) is 18.1. The first-order valence-electron chi connectivity index (χ1n) is 6.87. The van der Waals surface area contributed by atoms with Crippen LogP contribution in [0.15, 0.2) is 60.7 Å². The Morgan fingerprint density at radius 3 is 1.39 bits per heavy atom. The fraction of sp³-hybridized carbons (Fsp3) is 0.200. The van der Waals surface area contributed by atoms with Crippen molar-refractivity contribution in [3.05, 3.63) is 71.8 Å². The summed E-state index contributed by atoms with van der Waals surface area (Å²) in [7, 11) is -8.48. The lowest BCUT2D eigenvalue weighted by Gasteiger charge is -2.16. The highest BCUT2D eigenvalue weighted by atomic mass is 31.2. The summed E-state index contributed by atoms with van der Waals surface area (Å²) in [6.07, 6.45) is 0. The van der Waals surface area contributed by atoms with Crippen molar-refractivity contribution in [3.63, 3.8) is 0 Å². The van der Waals surface area contributed by atoms with Gasteiger partial charge in [-0.25, -0.2) is 0 Å². The maximum absolute atomic E-state index is 11.9. The molecule has 6 nitrogen and oxygen atoms in total. The first-order chi connectivity index (χ1) is 10.9. The van der Waals surface area contributed by atoms with Crippen LogP contribution in [-0.2, 0) is 31.4 Å². The number of rotatable bonds is 8. The Balaban J connectivity index is 1.87. The van der Waals surface area contributed by atoms with Crippen LogP contribution in [0, 0.1) is 0 Å². The highest BCUT2D eigenvalue weighted by Crippen LogP contribution is 2.58. The predicted octanol–water partition coefficient (Wildman–Crippen LogP) is 3.75. The molecule has 0 spiro atoms. The minimum atomic E-state index is -4.24. The molecule has 0 radical (unpaired) electrons. The molecule has 0 amide bonds. The molecule has 0 aliphatic carbocycles. The molecule has 0 aromatic heterocycles. The van der Waals surface area contributed by atoms with Gasteiger partial charge in [0.2, 0.25) is 0 Å². The molecule has 0 bridgehead atoms. The van der Waals surface area contributed by atoms with Gasteiger partial charge in [0.05, 0.1) is 13.2 Å². The molecular formula is C15H18O6P2. The molecule has 2 aromatic carbocycles. The molecule has 8 heteroatoms. The summed E-state index contributed by atoms with van der Waals surface area (Å²) in [5, 5.41) is 0. The average Bonchev–Trinajstić information content (AvgIpc) is 2.52. The van der Waals surface area contributed by atoms with Crippen molar-refractivity contribution >= 4 is 15.2 Å². The van der Waals surface area contributed by atoms with Gasteiger partial charge < -0.3 is 18.8 Å². The molecule has 0 heterocycles. The molecule has 2 N–H and O–H groups in total. The molecule has 2 rings (SSSR count). The van der Waals surface area contributed by atoms with Gasteiger partial charge in [-0.1, -0.05) is 60.7 Å². The maximum Gasteiger partial charge on any atom is 0.340 e. The Morgan fingerprint density at radius 1 is 0.696 bits per heavy atom. The zero-order valence-electron chi connectivity index (χ0n) is 12.3. The average molecular weight is 356 g/mol. The van der Waals surface area contributed by atoms with E-state index in [9.17, 15) is 18.9 Å². The monoisotopic (exact) mass is 356 g/mol. The van der Waals surface area contributed by atoms with Crippen LogP contribution in [0.2, 0.25) is 0 Å². The molecule has 0 fully saturated rings. The van der Waals surface area contributed by atoms with Crippen molar-refractivity contribution in [1.82, 2.24) is 0 Å². The van der Waals surface area contributed by atoms with E-state index >= 15 is 0 Å². The summed E-state index contributed by atoms with van der Waals surface area (Å²) >= 11 is 0. The minimum absolute atomic E-state index is 0.118. The Morgan fingerprint density at radius 2 is 1.04 bits per heavy atom. The van der Waals surface area contributed by atoms with Gasteiger partial charge in [-0.3, -0.25) is 9.13 Å². The second kappa shape index (κ2) is 8.02. The molecule has 124 valence electrons. The van der Waals surface area contributed by atoms with E-state index in [-0.39, 0.29) is 13.2 Å². The smallest absolute Gasteiger partial charge is 0.324 e. The summed E-state index contributed by atoms with van der Waals surface area (Å²) in [5.41, 5.74) is 1.39. The van der Waals surface area contributed by atoms with Crippen LogP contribution in [0.1, 0.15) is 11.1 Å². The van der Waals surface area contributed by atoms with E-state index in [0.717, 1.165) is 0 Å². The molecule has 2 aromatic rings. The first-order valence-corrected chi connectivity index (χ1v) is 10.4.